The monoisotopic (exact) mass is 571 g/mol. The van der Waals surface area contributed by atoms with Gasteiger partial charge in [0, 0.05) is 49.6 Å². The zero-order valence-corrected chi connectivity index (χ0v) is 19.1. The number of carbonyl (C=O) groups excluding carboxylic acids is 5. The van der Waals surface area contributed by atoms with E-state index >= 15 is 0 Å². The average Bonchev–Trinajstić information content (AvgIpc) is 2.64. The topological polar surface area (TPSA) is 411 Å². The maximum atomic E-state index is 10.3. The summed E-state index contributed by atoms with van der Waals surface area (Å²) in [5.41, 5.74) is -8.58. The summed E-state index contributed by atoms with van der Waals surface area (Å²) in [4.78, 5) is 90.7. The maximum absolute atomic E-state index is 10.3. The van der Waals surface area contributed by atoms with E-state index < -0.39 is 109 Å². The minimum atomic E-state index is -2.97. The number of carboxylic acid groups (broad SMARTS) is 9. The van der Waals surface area contributed by atoms with E-state index in [4.69, 9.17) is 35.7 Å². The van der Waals surface area contributed by atoms with Gasteiger partial charge < -0.3 is 85.3 Å². The Balaban J connectivity index is -0.000000498. The number of aliphatic carboxylic acids is 9. The zero-order chi connectivity index (χ0) is 31.9. The highest BCUT2D eigenvalue weighted by molar-refractivity contribution is 5.88. The summed E-state index contributed by atoms with van der Waals surface area (Å²) in [5, 5.41) is 110. The lowest BCUT2D eigenvalue weighted by Crippen LogP contribution is -2.54. The third-order valence-electron chi connectivity index (χ3n) is 3.81. The number of carboxylic acids is 9. The second-order valence-electron chi connectivity index (χ2n) is 7.33. The molecule has 0 bridgehead atoms. The van der Waals surface area contributed by atoms with Gasteiger partial charge in [0.05, 0.1) is 18.8 Å². The molecule has 0 amide bonds. The second kappa shape index (κ2) is 16.1. The molecule has 0 heterocycles. The van der Waals surface area contributed by atoms with E-state index in [9.17, 15) is 68.7 Å². The Hall–Kier alpha value is -4.89. The first kappa shape index (κ1) is 38.6. The Morgan fingerprint density at radius 3 is 0.769 bits per heavy atom. The molecule has 0 aromatic heterocycles. The van der Waals surface area contributed by atoms with Gasteiger partial charge in [-0.05, 0) is 0 Å². The number of hydrogen-bond acceptors (Lipinski definition) is 17. The SMILES string of the molecule is O=C(O)CC(O)(CC(=O)O)C(=O)O.O=C([O-])CC(O)(CC(=O)[O-])C(=O)O.O=C([O-])CC(O)(CC(=O)[O-])C(=O)[O-]. The second-order valence-corrected chi connectivity index (χ2v) is 7.33. The largest absolute Gasteiger partial charge is 0.550 e. The molecule has 0 radical (unpaired) electrons. The van der Waals surface area contributed by atoms with Gasteiger partial charge in [0.15, 0.2) is 11.2 Å². The molecule has 0 aliphatic rings. The first-order valence-electron chi connectivity index (χ1n) is 9.42. The van der Waals surface area contributed by atoms with Gasteiger partial charge in [0.25, 0.3) is 0 Å². The fourth-order valence-electron chi connectivity index (χ4n) is 2.09. The molecule has 0 spiro atoms. The van der Waals surface area contributed by atoms with Gasteiger partial charge >= 0.3 is 23.9 Å². The lowest BCUT2D eigenvalue weighted by Gasteiger charge is -2.29. The van der Waals surface area contributed by atoms with Crippen LogP contribution in [0.15, 0.2) is 0 Å². The van der Waals surface area contributed by atoms with E-state index in [1.165, 1.54) is 0 Å². The summed E-state index contributed by atoms with van der Waals surface area (Å²) in [6, 6.07) is 0. The highest BCUT2D eigenvalue weighted by Crippen LogP contribution is 2.16. The lowest BCUT2D eigenvalue weighted by molar-refractivity contribution is -0.339. The number of rotatable bonds is 15. The predicted molar refractivity (Wildman–Crippen MR) is 98.1 cm³/mol. The van der Waals surface area contributed by atoms with Gasteiger partial charge in [0.2, 0.25) is 0 Å². The summed E-state index contributed by atoms with van der Waals surface area (Å²) in [5.74, 6) is -16.7. The summed E-state index contributed by atoms with van der Waals surface area (Å²) in [6.45, 7) is 0. The van der Waals surface area contributed by atoms with Gasteiger partial charge in [-0.2, -0.15) is 0 Å². The molecule has 0 aromatic carbocycles. The van der Waals surface area contributed by atoms with E-state index in [1.54, 1.807) is 0 Å². The van der Waals surface area contributed by atoms with Crippen LogP contribution in [0.2, 0.25) is 0 Å². The molecule has 0 rings (SSSR count). The summed E-state index contributed by atoms with van der Waals surface area (Å²) >= 11 is 0. The van der Waals surface area contributed by atoms with Crippen molar-refractivity contribution < 1.29 is 104 Å². The van der Waals surface area contributed by atoms with Crippen molar-refractivity contribution in [3.63, 3.8) is 0 Å². The smallest absolute Gasteiger partial charge is 0.336 e. The maximum Gasteiger partial charge on any atom is 0.336 e. The number of hydrogen-bond donors (Lipinski definition) is 7. The van der Waals surface area contributed by atoms with Crippen molar-refractivity contribution in [2.45, 2.75) is 55.3 Å². The van der Waals surface area contributed by atoms with Crippen molar-refractivity contribution in [2.75, 3.05) is 0 Å². The fourth-order valence-corrected chi connectivity index (χ4v) is 2.09. The quantitative estimate of drug-likeness (QED) is 0.0958. The Morgan fingerprint density at radius 2 is 0.615 bits per heavy atom. The molecule has 0 aliphatic carbocycles. The van der Waals surface area contributed by atoms with Gasteiger partial charge in [-0.1, -0.05) is 0 Å². The third kappa shape index (κ3) is 17.2. The van der Waals surface area contributed by atoms with Gasteiger partial charge in [-0.3, -0.25) is 9.59 Å². The molecular weight excluding hydrogens is 552 g/mol. The van der Waals surface area contributed by atoms with E-state index in [0.29, 0.717) is 0 Å². The molecule has 0 atom stereocenters. The highest BCUT2D eigenvalue weighted by atomic mass is 16.4. The van der Waals surface area contributed by atoms with Crippen LogP contribution in [-0.2, 0) is 43.2 Å². The Labute approximate surface area is 214 Å². The van der Waals surface area contributed by atoms with Gasteiger partial charge in [0.1, 0.15) is 5.60 Å². The van der Waals surface area contributed by atoms with Crippen LogP contribution in [-0.4, -0.2) is 106 Å². The Kier molecular flexibility index (Phi) is 15.9. The van der Waals surface area contributed by atoms with Crippen molar-refractivity contribution in [3.05, 3.63) is 0 Å². The molecule has 0 saturated carbocycles. The van der Waals surface area contributed by atoms with Crippen LogP contribution in [0.4, 0.5) is 0 Å². The first-order chi connectivity index (χ1) is 17.3. The van der Waals surface area contributed by atoms with E-state index in [-0.39, 0.29) is 0 Å². The normalized spacial score (nSPS) is 10.8. The Bertz CT molecular complexity index is 806. The number of aliphatic hydroxyl groups is 3. The van der Waals surface area contributed by atoms with E-state index in [2.05, 4.69) is 0 Å². The average molecular weight is 571 g/mol. The van der Waals surface area contributed by atoms with Crippen LogP contribution < -0.4 is 25.5 Å². The van der Waals surface area contributed by atoms with Crippen molar-refractivity contribution >= 4 is 53.7 Å². The fraction of sp³-hybridized carbons (Fsp3) is 0.500. The van der Waals surface area contributed by atoms with Crippen LogP contribution in [0.5, 0.6) is 0 Å². The van der Waals surface area contributed by atoms with Crippen LogP contribution in [0.1, 0.15) is 38.5 Å². The first-order valence-corrected chi connectivity index (χ1v) is 9.42. The predicted octanol–water partition coefficient (Wildman–Crippen LogP) is -10.4. The number of carbonyl (C=O) groups is 9. The molecule has 7 N–H and O–H groups in total. The summed E-state index contributed by atoms with van der Waals surface area (Å²) < 4.78 is 0. The molecule has 0 unspecified atom stereocenters. The van der Waals surface area contributed by atoms with E-state index in [1.807, 2.05) is 0 Å². The van der Waals surface area contributed by atoms with Crippen molar-refractivity contribution in [3.8, 4) is 0 Å². The molecule has 222 valence electrons. The molecule has 21 nitrogen and oxygen atoms in total. The van der Waals surface area contributed by atoms with Gasteiger partial charge in [-0.15, -0.1) is 0 Å². The minimum absolute atomic E-state index is 1.14. The molecule has 21 heteroatoms. The summed E-state index contributed by atoms with van der Waals surface area (Å²) in [7, 11) is 0. The van der Waals surface area contributed by atoms with Crippen molar-refractivity contribution in [1.29, 1.82) is 0 Å². The molecular formula is C18H19O21-5. The molecule has 0 aliphatic heterocycles. The standard InChI is InChI=1S/3C6H8O7/c3*7-3(8)1-6(13,5(11)12)2-4(9)10/h3*13H,1-2H2,(H,7,8)(H,9,10)(H,11,12)/p-5. The third-order valence-corrected chi connectivity index (χ3v) is 3.81. The van der Waals surface area contributed by atoms with E-state index in [0.717, 1.165) is 0 Å². The van der Waals surface area contributed by atoms with Crippen molar-refractivity contribution in [2.24, 2.45) is 0 Å². The van der Waals surface area contributed by atoms with Crippen LogP contribution in [0, 0.1) is 0 Å². The Morgan fingerprint density at radius 1 is 0.410 bits per heavy atom. The summed E-state index contributed by atoms with van der Waals surface area (Å²) in [6.07, 6.45) is -7.59. The van der Waals surface area contributed by atoms with Crippen molar-refractivity contribution in [1.82, 2.24) is 0 Å². The van der Waals surface area contributed by atoms with Gasteiger partial charge in [-0.25, -0.2) is 9.59 Å². The molecule has 0 saturated heterocycles. The highest BCUT2D eigenvalue weighted by Gasteiger charge is 2.41. The molecule has 0 fully saturated rings. The molecule has 39 heavy (non-hydrogen) atoms. The minimum Gasteiger partial charge on any atom is -0.550 e. The lowest BCUT2D eigenvalue weighted by atomic mass is 9.96. The van der Waals surface area contributed by atoms with Crippen LogP contribution in [0.25, 0.3) is 0 Å². The van der Waals surface area contributed by atoms with Crippen LogP contribution in [0.3, 0.4) is 0 Å². The van der Waals surface area contributed by atoms with Crippen LogP contribution >= 0.6 is 0 Å². The molecule has 0 aromatic rings. The zero-order valence-electron chi connectivity index (χ0n) is 19.1.